The van der Waals surface area contributed by atoms with Gasteiger partial charge in [-0.15, -0.1) is 0 Å². The lowest BCUT2D eigenvalue weighted by atomic mass is 9.43. The van der Waals surface area contributed by atoms with E-state index in [0.717, 1.165) is 64.7 Å². The summed E-state index contributed by atoms with van der Waals surface area (Å²) >= 11 is 0. The van der Waals surface area contributed by atoms with Gasteiger partial charge in [-0.3, -0.25) is 5.32 Å². The zero-order valence-electron chi connectivity index (χ0n) is 29.4. The van der Waals surface area contributed by atoms with E-state index in [-0.39, 0.29) is 58.6 Å². The van der Waals surface area contributed by atoms with E-state index in [0.29, 0.717) is 35.9 Å². The van der Waals surface area contributed by atoms with Gasteiger partial charge in [0, 0.05) is 32.2 Å². The molecule has 8 fully saturated rings. The number of hydrogen-bond donors (Lipinski definition) is 4. The summed E-state index contributed by atoms with van der Waals surface area (Å²) in [5, 5.41) is 19.4. The van der Waals surface area contributed by atoms with E-state index in [1.165, 1.54) is 19.3 Å². The number of hydrogen-bond acceptors (Lipinski definition) is 8. The molecule has 1 amide bonds. The molecule has 0 aromatic rings. The molecule has 5 N–H and O–H groups in total. The van der Waals surface area contributed by atoms with Crippen LogP contribution >= 0.6 is 0 Å². The normalized spacial score (nSPS) is 51.0. The van der Waals surface area contributed by atoms with Crippen molar-refractivity contribution in [2.75, 3.05) is 32.9 Å². The maximum atomic E-state index is 12.9. The molecule has 13 unspecified atom stereocenters. The van der Waals surface area contributed by atoms with Gasteiger partial charge in [0.15, 0.2) is 0 Å². The third kappa shape index (κ3) is 4.17. The van der Waals surface area contributed by atoms with E-state index in [2.05, 4.69) is 52.2 Å². The topological polar surface area (TPSA) is 118 Å². The van der Waals surface area contributed by atoms with E-state index < -0.39 is 11.6 Å². The monoisotopic (exact) mass is 642 g/mol. The van der Waals surface area contributed by atoms with Gasteiger partial charge in [0.2, 0.25) is 0 Å². The maximum Gasteiger partial charge on any atom is 0.410 e. The third-order valence-electron chi connectivity index (χ3n) is 16.1. The van der Waals surface area contributed by atoms with Crippen LogP contribution < -0.4 is 16.4 Å². The van der Waals surface area contributed by atoms with Crippen molar-refractivity contribution in [3.05, 3.63) is 0 Å². The number of nitrogens with zero attached hydrogens (tertiary/aromatic N) is 1. The molecule has 0 bridgehead atoms. The molecule has 8 rings (SSSR count). The highest BCUT2D eigenvalue weighted by Gasteiger charge is 2.85. The van der Waals surface area contributed by atoms with E-state index in [9.17, 15) is 9.90 Å². The van der Waals surface area contributed by atoms with E-state index in [4.69, 9.17) is 19.9 Å². The number of nitrogens with two attached hydrogens (primary N) is 1. The summed E-state index contributed by atoms with van der Waals surface area (Å²) in [5.74, 6) is 1.58. The number of nitrogens with one attached hydrogen (secondary N) is 2. The summed E-state index contributed by atoms with van der Waals surface area (Å²) in [6.07, 6.45) is 8.42. The molecule has 9 nitrogen and oxygen atoms in total. The van der Waals surface area contributed by atoms with Crippen LogP contribution in [0.4, 0.5) is 4.79 Å². The van der Waals surface area contributed by atoms with Crippen LogP contribution in [-0.2, 0) is 14.2 Å². The van der Waals surface area contributed by atoms with Gasteiger partial charge in [0.1, 0.15) is 6.10 Å². The Bertz CT molecular complexity index is 1210. The Labute approximate surface area is 276 Å². The number of carbonyl (C=O) groups excluding carboxylic acids is 1. The van der Waals surface area contributed by atoms with Crippen molar-refractivity contribution in [1.29, 1.82) is 0 Å². The highest BCUT2D eigenvalue weighted by Crippen LogP contribution is 2.87. The highest BCUT2D eigenvalue weighted by atomic mass is 16.6. The van der Waals surface area contributed by atoms with E-state index in [1.54, 1.807) is 4.90 Å². The molecule has 0 radical (unpaired) electrons. The number of ether oxygens (including phenoxy) is 3. The fourth-order valence-electron chi connectivity index (χ4n) is 13.5. The van der Waals surface area contributed by atoms with Crippen molar-refractivity contribution in [2.24, 2.45) is 57.0 Å². The molecule has 260 valence electrons. The summed E-state index contributed by atoms with van der Waals surface area (Å²) in [7, 11) is 0. The average Bonchev–Trinajstić information content (AvgIpc) is 3.57. The SMILES string of the molecule is CC(C)C(OC(=O)N1CCC1)C1CC(C)C2C(O1)C(O)C1(N)C3CCC4C(C)(C)C(OCNC5CNC5)CCC45CC35CCC21C. The predicted molar refractivity (Wildman–Crippen MR) is 176 cm³/mol. The Morgan fingerprint density at radius 3 is 2.46 bits per heavy atom. The van der Waals surface area contributed by atoms with Crippen molar-refractivity contribution in [2.45, 2.75) is 141 Å². The number of amides is 1. The largest absolute Gasteiger partial charge is 0.443 e. The van der Waals surface area contributed by atoms with Gasteiger partial charge in [-0.25, -0.2) is 4.79 Å². The minimum Gasteiger partial charge on any atom is -0.443 e. The minimum absolute atomic E-state index is 0.112. The van der Waals surface area contributed by atoms with Crippen LogP contribution in [0.25, 0.3) is 0 Å². The molecule has 0 aromatic carbocycles. The highest BCUT2D eigenvalue weighted by molar-refractivity contribution is 5.68. The third-order valence-corrected chi connectivity index (χ3v) is 16.1. The Kier molecular flexibility index (Phi) is 7.55. The number of carbonyl (C=O) groups is 1. The minimum atomic E-state index is -0.720. The molecule has 5 aliphatic carbocycles. The Morgan fingerprint density at radius 1 is 1.09 bits per heavy atom. The molecule has 0 aromatic heterocycles. The summed E-state index contributed by atoms with van der Waals surface area (Å²) < 4.78 is 19.7. The Morgan fingerprint density at radius 2 is 1.80 bits per heavy atom. The van der Waals surface area contributed by atoms with Crippen LogP contribution in [0, 0.1) is 51.2 Å². The predicted octanol–water partition coefficient (Wildman–Crippen LogP) is 4.26. The van der Waals surface area contributed by atoms with Crippen LogP contribution in [0.3, 0.4) is 0 Å². The van der Waals surface area contributed by atoms with Crippen molar-refractivity contribution < 1.29 is 24.1 Å². The summed E-state index contributed by atoms with van der Waals surface area (Å²) in [6, 6.07) is 0.539. The first-order chi connectivity index (χ1) is 21.8. The molecule has 8 aliphatic rings. The lowest BCUT2D eigenvalue weighted by Gasteiger charge is -2.63. The van der Waals surface area contributed by atoms with E-state index >= 15 is 0 Å². The first kappa shape index (κ1) is 32.2. The van der Waals surface area contributed by atoms with Crippen molar-refractivity contribution in [1.82, 2.24) is 15.5 Å². The molecule has 3 heterocycles. The lowest BCUT2D eigenvalue weighted by Crippen LogP contribution is -2.70. The molecule has 3 saturated heterocycles. The van der Waals surface area contributed by atoms with Crippen molar-refractivity contribution >= 4 is 6.09 Å². The lowest BCUT2D eigenvalue weighted by molar-refractivity contribution is -0.180. The van der Waals surface area contributed by atoms with Gasteiger partial charge in [-0.2, -0.15) is 0 Å². The van der Waals surface area contributed by atoms with Gasteiger partial charge < -0.3 is 35.3 Å². The standard InChI is InChI=1S/C37H62N4O5/c1-21(2)29(46-32(43)41-14-7-15-41)24-16-22(3)28-30(45-24)31(42)37(38)26-9-8-25-33(4,5)27(44-20-40-23-17-39-18-23)10-11-35(25)19-36(26,35)13-12-34(28,37)6/h21-31,39-40,42H,7-20,38H2,1-6H3. The van der Waals surface area contributed by atoms with E-state index in [1.807, 2.05) is 0 Å². The second-order valence-corrected chi connectivity index (χ2v) is 18.5. The molecule has 9 heteroatoms. The zero-order chi connectivity index (χ0) is 32.4. The van der Waals surface area contributed by atoms with Crippen LogP contribution in [0.2, 0.25) is 0 Å². The Balaban J connectivity index is 1.02. The first-order valence-electron chi connectivity index (χ1n) is 18.9. The maximum absolute atomic E-state index is 12.9. The average molecular weight is 643 g/mol. The second-order valence-electron chi connectivity index (χ2n) is 18.5. The molecule has 46 heavy (non-hydrogen) atoms. The molecule has 2 spiro atoms. The number of rotatable bonds is 7. The fraction of sp³-hybridized carbons (Fsp3) is 0.973. The van der Waals surface area contributed by atoms with Gasteiger partial charge in [-0.1, -0.05) is 41.5 Å². The molecular formula is C37H62N4O5. The fourth-order valence-corrected chi connectivity index (χ4v) is 13.5. The van der Waals surface area contributed by atoms with Crippen LogP contribution in [-0.4, -0.2) is 91.1 Å². The summed E-state index contributed by atoms with van der Waals surface area (Å²) in [6.45, 7) is 18.2. The smallest absolute Gasteiger partial charge is 0.410 e. The molecule has 3 aliphatic heterocycles. The number of likely N-dealkylation sites (tertiary alicyclic amines) is 1. The number of aliphatic hydroxyl groups excluding tert-OH is 1. The molecular weight excluding hydrogens is 580 g/mol. The number of aliphatic hydroxyl groups is 1. The van der Waals surface area contributed by atoms with Crippen LogP contribution in [0.1, 0.15) is 99.3 Å². The van der Waals surface area contributed by atoms with Crippen LogP contribution in [0.15, 0.2) is 0 Å². The van der Waals surface area contributed by atoms with Gasteiger partial charge in [-0.05, 0) is 109 Å². The zero-order valence-corrected chi connectivity index (χ0v) is 29.4. The summed E-state index contributed by atoms with van der Waals surface area (Å²) in [5.41, 5.74) is 7.60. The summed E-state index contributed by atoms with van der Waals surface area (Å²) in [4.78, 5) is 14.7. The second kappa shape index (κ2) is 10.8. The van der Waals surface area contributed by atoms with Crippen molar-refractivity contribution in [3.63, 3.8) is 0 Å². The van der Waals surface area contributed by atoms with Crippen molar-refractivity contribution in [3.8, 4) is 0 Å². The van der Waals surface area contributed by atoms with Gasteiger partial charge >= 0.3 is 6.09 Å². The first-order valence-corrected chi connectivity index (χ1v) is 18.9. The Hall–Kier alpha value is -0.970. The molecule has 5 saturated carbocycles. The number of fused-ring (bicyclic) bond motifs is 4. The van der Waals surface area contributed by atoms with Gasteiger partial charge in [0.25, 0.3) is 0 Å². The molecule has 13 atom stereocenters. The van der Waals surface area contributed by atoms with Gasteiger partial charge in [0.05, 0.1) is 36.7 Å². The quantitative estimate of drug-likeness (QED) is 0.305. The van der Waals surface area contributed by atoms with Crippen LogP contribution in [0.5, 0.6) is 0 Å².